The van der Waals surface area contributed by atoms with Gasteiger partial charge in [0.05, 0.1) is 5.41 Å². The summed E-state index contributed by atoms with van der Waals surface area (Å²) in [5.74, 6) is 0. The zero-order valence-corrected chi connectivity index (χ0v) is 16.8. The number of hydrogen-bond donors (Lipinski definition) is 0. The third kappa shape index (κ3) is 5.24. The zero-order valence-electron chi connectivity index (χ0n) is 16.8. The number of fused-ring (bicyclic) bond motifs is 1. The normalized spacial score (nSPS) is 15.3. The summed E-state index contributed by atoms with van der Waals surface area (Å²) in [5, 5.41) is 0. The molecule has 0 unspecified atom stereocenters. The minimum atomic E-state index is -6.00. The molecule has 0 atom stereocenters. The molecule has 0 fully saturated rings. The third-order valence-electron chi connectivity index (χ3n) is 4.78. The lowest BCUT2D eigenvalue weighted by Crippen LogP contribution is -2.26. The van der Waals surface area contributed by atoms with Crippen molar-refractivity contribution in [2.24, 2.45) is 0 Å². The van der Waals surface area contributed by atoms with Crippen molar-refractivity contribution in [2.45, 2.75) is 19.3 Å². The Morgan fingerprint density at radius 2 is 1.43 bits per heavy atom. The topological polar surface area (TPSA) is 6.25 Å². The summed E-state index contributed by atoms with van der Waals surface area (Å²) in [7, 11) is 0.282. The van der Waals surface area contributed by atoms with Crippen LogP contribution in [0.4, 0.5) is 28.6 Å². The van der Waals surface area contributed by atoms with Gasteiger partial charge in [-0.25, -0.2) is 0 Å². The lowest BCUT2D eigenvalue weighted by atomic mass is 9.81. The smallest absolute Gasteiger partial charge is 0.418 e. The van der Waals surface area contributed by atoms with Crippen molar-refractivity contribution in [1.82, 2.24) is 0 Å². The Bertz CT molecular complexity index is 876. The number of rotatable bonds is 3. The Morgan fingerprint density at radius 1 is 0.893 bits per heavy atom. The summed E-state index contributed by atoms with van der Waals surface area (Å²) in [6.07, 6.45) is 4.46. The maximum atomic E-state index is 9.75. The molecular formula is C21H25BF4N2. The molecule has 0 aromatic heterocycles. The second kappa shape index (κ2) is 8.21. The molecule has 0 aliphatic carbocycles. The van der Waals surface area contributed by atoms with Crippen LogP contribution in [-0.2, 0) is 5.41 Å². The largest absolute Gasteiger partial charge is 0.673 e. The maximum Gasteiger partial charge on any atom is 0.673 e. The van der Waals surface area contributed by atoms with Crippen molar-refractivity contribution >= 4 is 30.4 Å². The minimum absolute atomic E-state index is 0.0332. The standard InChI is InChI=1S/C21H25N2.BF4/c1-21(2)18-8-6-7-9-19(18)23(5)20(21)15-12-16-10-13-17(14-11-16)22(3)4;2-1(3,4)5/h6-15H,1-5H3;/q+1;-1. The second-order valence-electron chi connectivity index (χ2n) is 7.40. The van der Waals surface area contributed by atoms with Crippen LogP contribution in [0.15, 0.2) is 54.6 Å². The van der Waals surface area contributed by atoms with Gasteiger partial charge in [0.2, 0.25) is 5.69 Å². The number of anilines is 1. The van der Waals surface area contributed by atoms with Crippen molar-refractivity contribution < 1.29 is 21.8 Å². The predicted octanol–water partition coefficient (Wildman–Crippen LogP) is 5.77. The van der Waals surface area contributed by atoms with Crippen LogP contribution in [0, 0.1) is 0 Å². The van der Waals surface area contributed by atoms with Crippen molar-refractivity contribution in [2.75, 3.05) is 26.0 Å². The van der Waals surface area contributed by atoms with E-state index < -0.39 is 7.25 Å². The highest BCUT2D eigenvalue weighted by Crippen LogP contribution is 2.39. The molecule has 1 heterocycles. The lowest BCUT2D eigenvalue weighted by molar-refractivity contribution is -0.401. The van der Waals surface area contributed by atoms with Gasteiger partial charge in [0, 0.05) is 37.5 Å². The molecule has 0 radical (unpaired) electrons. The van der Waals surface area contributed by atoms with Crippen LogP contribution in [0.2, 0.25) is 0 Å². The fourth-order valence-corrected chi connectivity index (χ4v) is 3.36. The van der Waals surface area contributed by atoms with Gasteiger partial charge in [0.25, 0.3) is 0 Å². The van der Waals surface area contributed by atoms with E-state index in [1.807, 2.05) is 0 Å². The van der Waals surface area contributed by atoms with Crippen LogP contribution in [0.3, 0.4) is 0 Å². The molecule has 0 bridgehead atoms. The van der Waals surface area contributed by atoms with Crippen molar-refractivity contribution in [3.63, 3.8) is 0 Å². The van der Waals surface area contributed by atoms with Crippen LogP contribution < -0.4 is 4.90 Å². The van der Waals surface area contributed by atoms with Gasteiger partial charge < -0.3 is 22.2 Å². The Balaban J connectivity index is 0.000000500. The third-order valence-corrected chi connectivity index (χ3v) is 4.78. The van der Waals surface area contributed by atoms with E-state index in [-0.39, 0.29) is 5.41 Å². The molecule has 28 heavy (non-hydrogen) atoms. The first-order chi connectivity index (χ1) is 12.9. The maximum absolute atomic E-state index is 9.75. The molecule has 0 amide bonds. The molecule has 150 valence electrons. The molecule has 1 aliphatic heterocycles. The summed E-state index contributed by atoms with van der Waals surface area (Å²) in [6, 6.07) is 17.3. The van der Waals surface area contributed by atoms with E-state index in [4.69, 9.17) is 0 Å². The predicted molar refractivity (Wildman–Crippen MR) is 110 cm³/mol. The molecule has 3 rings (SSSR count). The number of nitrogens with zero attached hydrogens (tertiary/aromatic N) is 2. The van der Waals surface area contributed by atoms with Gasteiger partial charge in [0.1, 0.15) is 7.05 Å². The molecule has 2 aromatic carbocycles. The van der Waals surface area contributed by atoms with Crippen LogP contribution in [0.1, 0.15) is 25.0 Å². The van der Waals surface area contributed by atoms with Gasteiger partial charge in [-0.1, -0.05) is 30.3 Å². The zero-order chi connectivity index (χ0) is 21.1. The van der Waals surface area contributed by atoms with Crippen LogP contribution >= 0.6 is 0 Å². The van der Waals surface area contributed by atoms with Crippen LogP contribution in [0.5, 0.6) is 0 Å². The molecule has 2 nitrogen and oxygen atoms in total. The monoisotopic (exact) mass is 392 g/mol. The van der Waals surface area contributed by atoms with E-state index in [0.717, 1.165) is 0 Å². The number of allylic oxidation sites excluding steroid dienone is 1. The van der Waals surface area contributed by atoms with E-state index in [9.17, 15) is 17.3 Å². The highest BCUT2D eigenvalue weighted by molar-refractivity contribution is 6.50. The van der Waals surface area contributed by atoms with E-state index >= 15 is 0 Å². The molecule has 0 spiro atoms. The van der Waals surface area contributed by atoms with Gasteiger partial charge in [-0.15, -0.1) is 0 Å². The fraction of sp³-hybridized carbons (Fsp3) is 0.286. The first-order valence-corrected chi connectivity index (χ1v) is 8.94. The quantitative estimate of drug-likeness (QED) is 0.365. The van der Waals surface area contributed by atoms with Gasteiger partial charge in [-0.2, -0.15) is 4.58 Å². The number of halogens is 4. The molecule has 0 saturated carbocycles. The Morgan fingerprint density at radius 3 is 1.93 bits per heavy atom. The van der Waals surface area contributed by atoms with Crippen molar-refractivity contribution in [3.8, 4) is 0 Å². The molecule has 0 saturated heterocycles. The molecule has 7 heteroatoms. The van der Waals surface area contributed by atoms with Crippen LogP contribution in [0.25, 0.3) is 6.08 Å². The SMILES string of the molecule is CN(C)c1ccc(/C=C/C2=[N+](C)c3ccccc3C2(C)C)cc1.F[B-](F)(F)F. The lowest BCUT2D eigenvalue weighted by Gasteiger charge is -2.15. The molecule has 0 N–H and O–H groups in total. The van der Waals surface area contributed by atoms with Crippen molar-refractivity contribution in [1.29, 1.82) is 0 Å². The number of benzene rings is 2. The molecule has 1 aliphatic rings. The number of para-hydroxylation sites is 1. The van der Waals surface area contributed by atoms with E-state index in [2.05, 4.69) is 105 Å². The Labute approximate surface area is 163 Å². The average molecular weight is 392 g/mol. The summed E-state index contributed by atoms with van der Waals surface area (Å²) in [4.78, 5) is 2.12. The summed E-state index contributed by atoms with van der Waals surface area (Å²) >= 11 is 0. The average Bonchev–Trinajstić information content (AvgIpc) is 2.79. The van der Waals surface area contributed by atoms with Gasteiger partial charge in [-0.05, 0) is 37.6 Å². The van der Waals surface area contributed by atoms with Gasteiger partial charge in [-0.3, -0.25) is 0 Å². The highest BCUT2D eigenvalue weighted by Gasteiger charge is 2.42. The first kappa shape index (κ1) is 21.7. The first-order valence-electron chi connectivity index (χ1n) is 8.94. The summed E-state index contributed by atoms with van der Waals surface area (Å²) in [5.41, 5.74) is 6.51. The molecule has 2 aromatic rings. The van der Waals surface area contributed by atoms with E-state index in [0.29, 0.717) is 0 Å². The summed E-state index contributed by atoms with van der Waals surface area (Å²) < 4.78 is 41.3. The second-order valence-corrected chi connectivity index (χ2v) is 7.40. The highest BCUT2D eigenvalue weighted by atomic mass is 19.5. The van der Waals surface area contributed by atoms with E-state index in [1.54, 1.807) is 0 Å². The van der Waals surface area contributed by atoms with Gasteiger partial charge in [0.15, 0.2) is 5.71 Å². The Kier molecular flexibility index (Phi) is 6.37. The number of hydrogen-bond acceptors (Lipinski definition) is 1. The molecular weight excluding hydrogens is 367 g/mol. The summed E-state index contributed by atoms with van der Waals surface area (Å²) in [6.45, 7) is 4.59. The fourth-order valence-electron chi connectivity index (χ4n) is 3.36. The van der Waals surface area contributed by atoms with Crippen LogP contribution in [-0.4, -0.2) is 38.7 Å². The van der Waals surface area contributed by atoms with Crippen molar-refractivity contribution in [3.05, 3.63) is 65.7 Å². The van der Waals surface area contributed by atoms with Gasteiger partial charge >= 0.3 is 7.25 Å². The van der Waals surface area contributed by atoms with E-state index in [1.165, 1.54) is 28.2 Å². The minimum Gasteiger partial charge on any atom is -0.418 e. The Hall–Kier alpha value is -2.57.